The number of amides is 2. The second-order valence-corrected chi connectivity index (χ2v) is 7.09. The second kappa shape index (κ2) is 8.12. The first-order valence-electron chi connectivity index (χ1n) is 8.48. The number of thioether (sulfide) groups is 1. The SMILES string of the molecule is CCOc1ccccc1NC(=O)N1CCSC1c1cccc(C(F)(F)F)c1. The van der Waals surface area contributed by atoms with Gasteiger partial charge in [-0.25, -0.2) is 4.79 Å². The number of rotatable bonds is 4. The van der Waals surface area contributed by atoms with E-state index in [1.165, 1.54) is 17.8 Å². The molecule has 0 spiro atoms. The maximum absolute atomic E-state index is 13.0. The van der Waals surface area contributed by atoms with E-state index in [4.69, 9.17) is 4.74 Å². The Morgan fingerprint density at radius 1 is 1.26 bits per heavy atom. The highest BCUT2D eigenvalue weighted by Crippen LogP contribution is 2.40. The van der Waals surface area contributed by atoms with E-state index in [0.717, 1.165) is 12.1 Å². The summed E-state index contributed by atoms with van der Waals surface area (Å²) in [7, 11) is 0. The molecule has 1 aliphatic rings. The minimum atomic E-state index is -4.41. The van der Waals surface area contributed by atoms with E-state index in [2.05, 4.69) is 5.32 Å². The van der Waals surface area contributed by atoms with Crippen LogP contribution < -0.4 is 10.1 Å². The summed E-state index contributed by atoms with van der Waals surface area (Å²) in [6.07, 6.45) is -4.41. The summed E-state index contributed by atoms with van der Waals surface area (Å²) >= 11 is 1.44. The lowest BCUT2D eigenvalue weighted by Crippen LogP contribution is -2.34. The Kier molecular flexibility index (Phi) is 5.84. The molecule has 27 heavy (non-hydrogen) atoms. The fraction of sp³-hybridized carbons (Fsp3) is 0.316. The largest absolute Gasteiger partial charge is 0.492 e. The molecule has 0 aromatic heterocycles. The molecular formula is C19H19F3N2O2S. The Balaban J connectivity index is 1.80. The number of hydrogen-bond donors (Lipinski definition) is 1. The number of carbonyl (C=O) groups is 1. The van der Waals surface area contributed by atoms with Crippen LogP contribution in [0.3, 0.4) is 0 Å². The first-order valence-corrected chi connectivity index (χ1v) is 9.53. The van der Waals surface area contributed by atoms with Crippen LogP contribution in [0.2, 0.25) is 0 Å². The third-order valence-electron chi connectivity index (χ3n) is 4.08. The number of hydrogen-bond acceptors (Lipinski definition) is 3. The van der Waals surface area contributed by atoms with Crippen LogP contribution in [0.1, 0.15) is 23.4 Å². The minimum Gasteiger partial charge on any atom is -0.492 e. The molecule has 1 N–H and O–H groups in total. The molecule has 1 unspecified atom stereocenters. The summed E-state index contributed by atoms with van der Waals surface area (Å²) < 4.78 is 44.5. The standard InChI is InChI=1S/C19H19F3N2O2S/c1-2-26-16-9-4-3-8-15(16)23-18(25)24-10-11-27-17(24)13-6-5-7-14(12-13)19(20,21)22/h3-9,12,17H,2,10-11H2,1H3,(H,23,25). The second-order valence-electron chi connectivity index (χ2n) is 5.90. The van der Waals surface area contributed by atoms with E-state index in [1.807, 2.05) is 6.92 Å². The average molecular weight is 396 g/mol. The van der Waals surface area contributed by atoms with E-state index in [9.17, 15) is 18.0 Å². The first-order chi connectivity index (χ1) is 12.9. The maximum Gasteiger partial charge on any atom is 0.416 e. The number of nitrogens with one attached hydrogen (secondary N) is 1. The zero-order valence-electron chi connectivity index (χ0n) is 14.6. The number of nitrogens with zero attached hydrogens (tertiary/aromatic N) is 1. The number of benzene rings is 2. The number of alkyl halides is 3. The molecule has 1 aliphatic heterocycles. The van der Waals surface area contributed by atoms with Crippen molar-refractivity contribution in [3.8, 4) is 5.75 Å². The minimum absolute atomic E-state index is 0.366. The van der Waals surface area contributed by atoms with Gasteiger partial charge >= 0.3 is 12.2 Å². The van der Waals surface area contributed by atoms with Gasteiger partial charge in [0.05, 0.1) is 17.9 Å². The van der Waals surface area contributed by atoms with Crippen LogP contribution in [-0.4, -0.2) is 29.8 Å². The molecule has 1 heterocycles. The maximum atomic E-state index is 13.0. The Hall–Kier alpha value is -2.35. The summed E-state index contributed by atoms with van der Waals surface area (Å²) in [4.78, 5) is 14.3. The van der Waals surface area contributed by atoms with E-state index in [-0.39, 0.29) is 6.03 Å². The predicted octanol–water partition coefficient (Wildman–Crippen LogP) is 5.38. The lowest BCUT2D eigenvalue weighted by Gasteiger charge is -2.25. The van der Waals surface area contributed by atoms with Crippen LogP contribution >= 0.6 is 11.8 Å². The van der Waals surface area contributed by atoms with Crippen molar-refractivity contribution in [3.05, 3.63) is 59.7 Å². The fourth-order valence-corrected chi connectivity index (χ4v) is 4.11. The van der Waals surface area contributed by atoms with Crippen LogP contribution in [0.5, 0.6) is 5.75 Å². The monoisotopic (exact) mass is 396 g/mol. The zero-order chi connectivity index (χ0) is 19.4. The number of carbonyl (C=O) groups excluding carboxylic acids is 1. The normalized spacial score (nSPS) is 17.0. The molecule has 1 fully saturated rings. The quantitative estimate of drug-likeness (QED) is 0.754. The lowest BCUT2D eigenvalue weighted by molar-refractivity contribution is -0.137. The highest BCUT2D eigenvalue weighted by Gasteiger charge is 2.34. The summed E-state index contributed by atoms with van der Waals surface area (Å²) in [6, 6.07) is 11.8. The van der Waals surface area contributed by atoms with Crippen LogP contribution in [0.25, 0.3) is 0 Å². The van der Waals surface area contributed by atoms with Crippen molar-refractivity contribution in [1.29, 1.82) is 0 Å². The van der Waals surface area contributed by atoms with E-state index in [0.29, 0.717) is 35.9 Å². The highest BCUT2D eigenvalue weighted by atomic mass is 32.2. The number of urea groups is 1. The molecule has 144 valence electrons. The van der Waals surface area contributed by atoms with Gasteiger partial charge in [0, 0.05) is 12.3 Å². The fourth-order valence-electron chi connectivity index (χ4n) is 2.86. The molecule has 0 bridgehead atoms. The molecule has 2 aromatic rings. The van der Waals surface area contributed by atoms with Crippen molar-refractivity contribution in [2.45, 2.75) is 18.5 Å². The third-order valence-corrected chi connectivity index (χ3v) is 5.34. The summed E-state index contributed by atoms with van der Waals surface area (Å²) in [5, 5.41) is 2.34. The van der Waals surface area contributed by atoms with Gasteiger partial charge in [0.2, 0.25) is 0 Å². The Morgan fingerprint density at radius 2 is 2.04 bits per heavy atom. The van der Waals surface area contributed by atoms with Gasteiger partial charge in [-0.15, -0.1) is 11.8 Å². The van der Waals surface area contributed by atoms with Crippen molar-refractivity contribution in [2.75, 3.05) is 24.2 Å². The van der Waals surface area contributed by atoms with Gasteiger partial charge < -0.3 is 15.0 Å². The van der Waals surface area contributed by atoms with Crippen molar-refractivity contribution in [1.82, 2.24) is 4.90 Å². The third kappa shape index (κ3) is 4.50. The van der Waals surface area contributed by atoms with Crippen LogP contribution in [-0.2, 0) is 6.18 Å². The molecule has 1 atom stereocenters. The molecule has 3 rings (SSSR count). The van der Waals surface area contributed by atoms with Gasteiger partial charge in [0.15, 0.2) is 0 Å². The molecule has 8 heteroatoms. The number of para-hydroxylation sites is 2. The van der Waals surface area contributed by atoms with Crippen molar-refractivity contribution in [3.63, 3.8) is 0 Å². The van der Waals surface area contributed by atoms with Gasteiger partial charge in [0.1, 0.15) is 11.1 Å². The Morgan fingerprint density at radius 3 is 2.78 bits per heavy atom. The highest BCUT2D eigenvalue weighted by molar-refractivity contribution is 7.99. The zero-order valence-corrected chi connectivity index (χ0v) is 15.4. The van der Waals surface area contributed by atoms with Gasteiger partial charge in [-0.3, -0.25) is 0 Å². The molecule has 2 amide bonds. The van der Waals surface area contributed by atoms with E-state index in [1.54, 1.807) is 35.2 Å². The van der Waals surface area contributed by atoms with Crippen LogP contribution in [0.15, 0.2) is 48.5 Å². The molecule has 0 radical (unpaired) electrons. The first kappa shape index (κ1) is 19.4. The Labute approximate surface area is 159 Å². The van der Waals surface area contributed by atoms with Crippen molar-refractivity contribution >= 4 is 23.5 Å². The van der Waals surface area contributed by atoms with Crippen molar-refractivity contribution in [2.24, 2.45) is 0 Å². The summed E-state index contributed by atoms with van der Waals surface area (Å²) in [6.45, 7) is 2.76. The van der Waals surface area contributed by atoms with E-state index < -0.39 is 17.1 Å². The van der Waals surface area contributed by atoms with Gasteiger partial charge in [-0.05, 0) is 36.8 Å². The smallest absolute Gasteiger partial charge is 0.416 e. The number of anilines is 1. The van der Waals surface area contributed by atoms with Crippen molar-refractivity contribution < 1.29 is 22.7 Å². The lowest BCUT2D eigenvalue weighted by atomic mass is 10.1. The predicted molar refractivity (Wildman–Crippen MR) is 100.0 cm³/mol. The van der Waals surface area contributed by atoms with Gasteiger partial charge in [-0.2, -0.15) is 13.2 Å². The molecule has 0 aliphatic carbocycles. The molecular weight excluding hydrogens is 377 g/mol. The van der Waals surface area contributed by atoms with Crippen LogP contribution in [0.4, 0.5) is 23.7 Å². The van der Waals surface area contributed by atoms with Gasteiger partial charge in [-0.1, -0.05) is 24.3 Å². The molecule has 0 saturated carbocycles. The average Bonchev–Trinajstić information content (AvgIpc) is 3.13. The van der Waals surface area contributed by atoms with E-state index >= 15 is 0 Å². The summed E-state index contributed by atoms with van der Waals surface area (Å²) in [5.74, 6) is 1.21. The van der Waals surface area contributed by atoms with Crippen LogP contribution in [0, 0.1) is 0 Å². The Bertz CT molecular complexity index is 814. The van der Waals surface area contributed by atoms with Gasteiger partial charge in [0.25, 0.3) is 0 Å². The molecule has 1 saturated heterocycles. The molecule has 2 aromatic carbocycles. The number of ether oxygens (including phenoxy) is 1. The topological polar surface area (TPSA) is 41.6 Å². The molecule has 4 nitrogen and oxygen atoms in total. The summed E-state index contributed by atoms with van der Waals surface area (Å²) in [5.41, 5.74) is 0.277. The number of halogens is 3.